The highest BCUT2D eigenvalue weighted by Crippen LogP contribution is 2.38. The van der Waals surface area contributed by atoms with Crippen LogP contribution >= 0.6 is 0 Å². The van der Waals surface area contributed by atoms with E-state index in [0.717, 1.165) is 55.5 Å². The second-order valence-corrected chi connectivity index (χ2v) is 5.20. The van der Waals surface area contributed by atoms with Gasteiger partial charge in [0.25, 0.3) is 0 Å². The van der Waals surface area contributed by atoms with Crippen molar-refractivity contribution >= 4 is 11.4 Å². The van der Waals surface area contributed by atoms with Gasteiger partial charge in [0.1, 0.15) is 13.2 Å². The largest absolute Gasteiger partial charge is 0.486 e. The number of hydrogen-bond donors (Lipinski definition) is 1. The number of rotatable bonds is 1. The quantitative estimate of drug-likeness (QED) is 0.771. The van der Waals surface area contributed by atoms with Crippen molar-refractivity contribution in [3.63, 3.8) is 0 Å². The Bertz CT molecular complexity index is 464. The molecule has 104 valence electrons. The van der Waals surface area contributed by atoms with Crippen LogP contribution in [0.5, 0.6) is 11.5 Å². The fourth-order valence-electron chi connectivity index (χ4n) is 2.66. The van der Waals surface area contributed by atoms with Crippen LogP contribution in [0.2, 0.25) is 0 Å². The van der Waals surface area contributed by atoms with Gasteiger partial charge in [0.2, 0.25) is 0 Å². The lowest BCUT2D eigenvalue weighted by molar-refractivity contribution is 0.172. The maximum Gasteiger partial charge on any atom is 0.163 e. The predicted molar refractivity (Wildman–Crippen MR) is 76.2 cm³/mol. The maximum absolute atomic E-state index is 6.17. The van der Waals surface area contributed by atoms with E-state index in [-0.39, 0.29) is 0 Å². The fourth-order valence-corrected chi connectivity index (χ4v) is 2.66. The molecule has 0 saturated carbocycles. The van der Waals surface area contributed by atoms with Gasteiger partial charge >= 0.3 is 0 Å². The van der Waals surface area contributed by atoms with Gasteiger partial charge in [0.05, 0.1) is 11.4 Å². The van der Waals surface area contributed by atoms with Gasteiger partial charge < -0.3 is 25.0 Å². The maximum atomic E-state index is 6.17. The van der Waals surface area contributed by atoms with E-state index < -0.39 is 0 Å². The minimum atomic E-state index is 0.598. The van der Waals surface area contributed by atoms with Crippen molar-refractivity contribution < 1.29 is 9.47 Å². The Morgan fingerprint density at radius 1 is 1.00 bits per heavy atom. The zero-order valence-corrected chi connectivity index (χ0v) is 11.4. The first-order valence-corrected chi connectivity index (χ1v) is 6.86. The normalized spacial score (nSPS) is 20.2. The topological polar surface area (TPSA) is 51.0 Å². The summed E-state index contributed by atoms with van der Waals surface area (Å²) in [6.45, 7) is 5.45. The average molecular weight is 263 g/mol. The number of nitrogens with zero attached hydrogens (tertiary/aromatic N) is 2. The van der Waals surface area contributed by atoms with Crippen LogP contribution in [0.25, 0.3) is 0 Å². The van der Waals surface area contributed by atoms with E-state index in [4.69, 9.17) is 15.2 Å². The Balaban J connectivity index is 1.87. The van der Waals surface area contributed by atoms with Crippen LogP contribution in [-0.4, -0.2) is 51.3 Å². The molecule has 0 radical (unpaired) electrons. The fraction of sp³-hybridized carbons (Fsp3) is 0.571. The number of likely N-dealkylation sites (N-methyl/N-ethyl adjacent to an activating group) is 1. The summed E-state index contributed by atoms with van der Waals surface area (Å²) in [6.07, 6.45) is 1.16. The minimum Gasteiger partial charge on any atom is -0.486 e. The summed E-state index contributed by atoms with van der Waals surface area (Å²) in [5.74, 6) is 1.58. The lowest BCUT2D eigenvalue weighted by Crippen LogP contribution is -2.29. The first-order chi connectivity index (χ1) is 9.24. The smallest absolute Gasteiger partial charge is 0.163 e. The highest BCUT2D eigenvalue weighted by molar-refractivity contribution is 5.73. The van der Waals surface area contributed by atoms with Gasteiger partial charge in [-0.1, -0.05) is 0 Å². The number of nitrogens with two attached hydrogens (primary N) is 1. The van der Waals surface area contributed by atoms with E-state index in [2.05, 4.69) is 16.8 Å². The van der Waals surface area contributed by atoms with Gasteiger partial charge in [-0.05, 0) is 20.0 Å². The number of fused-ring (bicyclic) bond motifs is 1. The van der Waals surface area contributed by atoms with Crippen molar-refractivity contribution in [1.82, 2.24) is 4.90 Å². The molecular formula is C14H21N3O2. The first kappa shape index (κ1) is 12.4. The zero-order chi connectivity index (χ0) is 13.2. The van der Waals surface area contributed by atoms with E-state index in [1.807, 2.05) is 12.1 Å². The van der Waals surface area contributed by atoms with Crippen molar-refractivity contribution in [1.29, 1.82) is 0 Å². The molecule has 5 nitrogen and oxygen atoms in total. The van der Waals surface area contributed by atoms with Gasteiger partial charge in [0.15, 0.2) is 11.5 Å². The van der Waals surface area contributed by atoms with Crippen LogP contribution in [0.15, 0.2) is 12.1 Å². The third-order valence-electron chi connectivity index (χ3n) is 3.75. The number of benzene rings is 1. The van der Waals surface area contributed by atoms with E-state index in [9.17, 15) is 0 Å². The van der Waals surface area contributed by atoms with Crippen LogP contribution in [0, 0.1) is 0 Å². The molecular weight excluding hydrogens is 242 g/mol. The molecule has 0 spiro atoms. The molecule has 1 fully saturated rings. The molecule has 0 amide bonds. The van der Waals surface area contributed by atoms with Crippen molar-refractivity contribution in [2.45, 2.75) is 6.42 Å². The lowest BCUT2D eigenvalue weighted by Gasteiger charge is -2.27. The Labute approximate surface area is 113 Å². The van der Waals surface area contributed by atoms with Crippen molar-refractivity contribution in [2.75, 3.05) is 57.1 Å². The zero-order valence-electron chi connectivity index (χ0n) is 11.4. The minimum absolute atomic E-state index is 0.598. The number of hydrogen-bond acceptors (Lipinski definition) is 5. The SMILES string of the molecule is CN1CCCN(c2cc3c(cc2N)OCCO3)CC1. The molecule has 2 heterocycles. The van der Waals surface area contributed by atoms with E-state index in [1.165, 1.54) is 0 Å². The van der Waals surface area contributed by atoms with Crippen LogP contribution in [0.4, 0.5) is 11.4 Å². The van der Waals surface area contributed by atoms with Crippen LogP contribution in [0.3, 0.4) is 0 Å². The van der Waals surface area contributed by atoms with Gasteiger partial charge in [-0.3, -0.25) is 0 Å². The van der Waals surface area contributed by atoms with Gasteiger partial charge in [-0.25, -0.2) is 0 Å². The molecule has 1 aromatic carbocycles. The summed E-state index contributed by atoms with van der Waals surface area (Å²) in [6, 6.07) is 3.91. The van der Waals surface area contributed by atoms with Gasteiger partial charge in [-0.15, -0.1) is 0 Å². The first-order valence-electron chi connectivity index (χ1n) is 6.86. The summed E-state index contributed by atoms with van der Waals surface area (Å²) >= 11 is 0. The Kier molecular flexibility index (Phi) is 3.38. The van der Waals surface area contributed by atoms with Crippen LogP contribution < -0.4 is 20.1 Å². The van der Waals surface area contributed by atoms with Gasteiger partial charge in [0, 0.05) is 31.8 Å². The third kappa shape index (κ3) is 2.56. The predicted octanol–water partition coefficient (Wildman–Crippen LogP) is 1.18. The molecule has 2 aliphatic heterocycles. The van der Waals surface area contributed by atoms with E-state index >= 15 is 0 Å². The Hall–Kier alpha value is -1.62. The van der Waals surface area contributed by atoms with Crippen molar-refractivity contribution in [2.24, 2.45) is 0 Å². The summed E-state index contributed by atoms with van der Waals surface area (Å²) in [7, 11) is 2.16. The molecule has 19 heavy (non-hydrogen) atoms. The highest BCUT2D eigenvalue weighted by atomic mass is 16.6. The molecule has 0 bridgehead atoms. The summed E-state index contributed by atoms with van der Waals surface area (Å²) < 4.78 is 11.2. The van der Waals surface area contributed by atoms with E-state index in [0.29, 0.717) is 13.2 Å². The lowest BCUT2D eigenvalue weighted by atomic mass is 10.2. The molecule has 3 rings (SSSR count). The Morgan fingerprint density at radius 2 is 1.74 bits per heavy atom. The number of anilines is 2. The molecule has 2 N–H and O–H groups in total. The molecule has 0 aliphatic carbocycles. The highest BCUT2D eigenvalue weighted by Gasteiger charge is 2.19. The number of ether oxygens (including phenoxy) is 2. The van der Waals surface area contributed by atoms with Gasteiger partial charge in [-0.2, -0.15) is 0 Å². The van der Waals surface area contributed by atoms with E-state index in [1.54, 1.807) is 0 Å². The molecule has 0 aromatic heterocycles. The molecule has 0 unspecified atom stereocenters. The standard InChI is InChI=1S/C14H21N3O2/c1-16-3-2-4-17(6-5-16)12-10-14-13(9-11(12)15)18-7-8-19-14/h9-10H,2-8,15H2,1H3. The molecule has 1 saturated heterocycles. The monoisotopic (exact) mass is 263 g/mol. The summed E-state index contributed by atoms with van der Waals surface area (Å²) in [4.78, 5) is 4.70. The van der Waals surface area contributed by atoms with Crippen LogP contribution in [0.1, 0.15) is 6.42 Å². The third-order valence-corrected chi connectivity index (χ3v) is 3.75. The average Bonchev–Trinajstić information content (AvgIpc) is 2.63. The summed E-state index contributed by atoms with van der Waals surface area (Å²) in [5, 5.41) is 0. The van der Waals surface area contributed by atoms with Crippen molar-refractivity contribution in [3.8, 4) is 11.5 Å². The molecule has 2 aliphatic rings. The number of nitrogen functional groups attached to an aromatic ring is 1. The molecule has 0 atom stereocenters. The summed E-state index contributed by atoms with van der Waals surface area (Å²) in [5.41, 5.74) is 8.01. The van der Waals surface area contributed by atoms with Crippen molar-refractivity contribution in [3.05, 3.63) is 12.1 Å². The van der Waals surface area contributed by atoms with Crippen LogP contribution in [-0.2, 0) is 0 Å². The Morgan fingerprint density at radius 3 is 2.53 bits per heavy atom. The molecule has 5 heteroatoms. The second kappa shape index (κ2) is 5.17. The second-order valence-electron chi connectivity index (χ2n) is 5.20. The molecule has 1 aromatic rings.